The van der Waals surface area contributed by atoms with Crippen molar-refractivity contribution in [1.82, 2.24) is 19.0 Å². The molecule has 0 spiro atoms. The van der Waals surface area contributed by atoms with Crippen molar-refractivity contribution in [2.45, 2.75) is 49.8 Å². The van der Waals surface area contributed by atoms with Crippen molar-refractivity contribution >= 4 is 16.0 Å². The predicted octanol–water partition coefficient (Wildman–Crippen LogP) is 3.06. The lowest BCUT2D eigenvalue weighted by molar-refractivity contribution is -0.192. The Bertz CT molecular complexity index is 1050. The quantitative estimate of drug-likeness (QED) is 0.695. The predicted molar refractivity (Wildman–Crippen MR) is 114 cm³/mol. The molecule has 0 amide bonds. The van der Waals surface area contributed by atoms with Crippen molar-refractivity contribution in [1.29, 1.82) is 0 Å². The molecular weight excluding hydrogens is 461 g/mol. The maximum Gasteiger partial charge on any atom is 0.490 e. The van der Waals surface area contributed by atoms with Crippen LogP contribution in [0.15, 0.2) is 41.4 Å². The van der Waals surface area contributed by atoms with Crippen LogP contribution in [0.25, 0.3) is 0 Å². The van der Waals surface area contributed by atoms with E-state index in [4.69, 9.17) is 9.90 Å². The zero-order chi connectivity index (χ0) is 24.2. The van der Waals surface area contributed by atoms with Gasteiger partial charge in [-0.1, -0.05) is 17.7 Å². The summed E-state index contributed by atoms with van der Waals surface area (Å²) in [6.07, 6.45) is 0.159. The Morgan fingerprint density at radius 3 is 2.33 bits per heavy atom. The van der Waals surface area contributed by atoms with Gasteiger partial charge in [0.1, 0.15) is 0 Å². The minimum atomic E-state index is -5.08. The third-order valence-corrected chi connectivity index (χ3v) is 7.56. The number of aliphatic carboxylic acids is 1. The third kappa shape index (κ3) is 6.33. The van der Waals surface area contributed by atoms with Gasteiger partial charge in [-0.25, -0.2) is 13.2 Å². The highest BCUT2D eigenvalue weighted by molar-refractivity contribution is 7.89. The second kappa shape index (κ2) is 10.2. The summed E-state index contributed by atoms with van der Waals surface area (Å²) in [4.78, 5) is 11.7. The topological polar surface area (TPSA) is 95.7 Å². The standard InChI is InChI=1S/C19H26N4O2S.C2HF3O2/c1-16-4-6-19(7-5-16)26(24,25)22-14-17-8-10-20-23(17)18(15-22)9-13-21-11-2-3-12-21;3-2(4,5)1(6)7/h4-8,10,18H,2-3,9,11-15H2,1H3;(H,6,7). The van der Waals surface area contributed by atoms with Crippen molar-refractivity contribution < 1.29 is 31.5 Å². The van der Waals surface area contributed by atoms with Crippen molar-refractivity contribution in [3.05, 3.63) is 47.8 Å². The third-order valence-electron chi connectivity index (χ3n) is 5.73. The first-order chi connectivity index (χ1) is 15.5. The molecule has 0 bridgehead atoms. The fourth-order valence-electron chi connectivity index (χ4n) is 3.95. The Morgan fingerprint density at radius 2 is 1.76 bits per heavy atom. The van der Waals surface area contributed by atoms with E-state index in [2.05, 4.69) is 10.00 Å². The van der Waals surface area contributed by atoms with Crippen LogP contribution in [0.3, 0.4) is 0 Å². The maximum absolute atomic E-state index is 13.1. The molecule has 33 heavy (non-hydrogen) atoms. The van der Waals surface area contributed by atoms with Crippen molar-refractivity contribution in [3.8, 4) is 0 Å². The number of hydrogen-bond donors (Lipinski definition) is 1. The van der Waals surface area contributed by atoms with Crippen LogP contribution in [-0.4, -0.2) is 70.8 Å². The number of likely N-dealkylation sites (tertiary alicyclic amines) is 1. The second-order valence-electron chi connectivity index (χ2n) is 8.17. The van der Waals surface area contributed by atoms with E-state index in [9.17, 15) is 21.6 Å². The number of hydrogen-bond acceptors (Lipinski definition) is 5. The molecular formula is C21H27F3N4O4S. The van der Waals surface area contributed by atoms with E-state index >= 15 is 0 Å². The molecule has 1 N–H and O–H groups in total. The Balaban J connectivity index is 0.000000383. The van der Waals surface area contributed by atoms with Crippen LogP contribution in [0.5, 0.6) is 0 Å². The van der Waals surface area contributed by atoms with Gasteiger partial charge in [-0.15, -0.1) is 0 Å². The van der Waals surface area contributed by atoms with Gasteiger partial charge in [-0.2, -0.15) is 22.6 Å². The average molecular weight is 489 g/mol. The number of aryl methyl sites for hydroxylation is 1. The number of carboxylic acids is 1. The van der Waals surface area contributed by atoms with Crippen LogP contribution in [-0.2, 0) is 21.4 Å². The van der Waals surface area contributed by atoms with Gasteiger partial charge in [-0.3, -0.25) is 4.68 Å². The van der Waals surface area contributed by atoms with Crippen LogP contribution >= 0.6 is 0 Å². The Morgan fingerprint density at radius 1 is 1.15 bits per heavy atom. The number of fused-ring (bicyclic) bond motifs is 1. The highest BCUT2D eigenvalue weighted by Gasteiger charge is 2.38. The maximum atomic E-state index is 13.1. The van der Waals surface area contributed by atoms with E-state index < -0.39 is 22.2 Å². The van der Waals surface area contributed by atoms with Gasteiger partial charge in [-0.05, 0) is 57.5 Å². The Labute approximate surface area is 190 Å². The molecule has 1 unspecified atom stereocenters. The molecule has 1 fully saturated rings. The largest absolute Gasteiger partial charge is 0.490 e. The minimum absolute atomic E-state index is 0.0922. The molecule has 0 aliphatic carbocycles. The van der Waals surface area contributed by atoms with Gasteiger partial charge in [0.15, 0.2) is 0 Å². The highest BCUT2D eigenvalue weighted by Crippen LogP contribution is 2.28. The number of carbonyl (C=O) groups is 1. The molecule has 2 aromatic rings. The zero-order valence-corrected chi connectivity index (χ0v) is 19.0. The van der Waals surface area contributed by atoms with E-state index in [-0.39, 0.29) is 6.04 Å². The van der Waals surface area contributed by atoms with Gasteiger partial charge < -0.3 is 10.0 Å². The number of rotatable bonds is 5. The minimum Gasteiger partial charge on any atom is -0.475 e. The summed E-state index contributed by atoms with van der Waals surface area (Å²) in [7, 11) is -3.49. The SMILES string of the molecule is Cc1ccc(S(=O)(=O)N2Cc3ccnn3C(CCN3CCCC3)C2)cc1.O=C(O)C(F)(F)F. The Kier molecular flexibility index (Phi) is 7.80. The van der Waals surface area contributed by atoms with Gasteiger partial charge in [0.05, 0.1) is 23.2 Å². The first-order valence-corrected chi connectivity index (χ1v) is 12.0. The molecule has 1 aromatic carbocycles. The molecule has 4 rings (SSSR count). The molecule has 1 atom stereocenters. The van der Waals surface area contributed by atoms with Gasteiger partial charge in [0, 0.05) is 19.3 Å². The number of halogens is 3. The first kappa shape index (κ1) is 25.2. The molecule has 8 nitrogen and oxygen atoms in total. The molecule has 1 saturated heterocycles. The van der Waals surface area contributed by atoms with Crippen LogP contribution in [0.4, 0.5) is 13.2 Å². The summed E-state index contributed by atoms with van der Waals surface area (Å²) < 4.78 is 61.6. The number of sulfonamides is 1. The van der Waals surface area contributed by atoms with Crippen LogP contribution in [0.1, 0.15) is 36.6 Å². The lowest BCUT2D eigenvalue weighted by Gasteiger charge is -2.34. The molecule has 0 saturated carbocycles. The van der Waals surface area contributed by atoms with Gasteiger partial charge in [0.25, 0.3) is 0 Å². The molecule has 2 aliphatic rings. The van der Waals surface area contributed by atoms with Crippen LogP contribution in [0.2, 0.25) is 0 Å². The van der Waals surface area contributed by atoms with E-state index in [0.717, 1.165) is 37.3 Å². The molecule has 3 heterocycles. The molecule has 0 radical (unpaired) electrons. The summed E-state index contributed by atoms with van der Waals surface area (Å²) in [5.74, 6) is -2.76. The van der Waals surface area contributed by atoms with Crippen molar-refractivity contribution in [2.24, 2.45) is 0 Å². The summed E-state index contributed by atoms with van der Waals surface area (Å²) in [5, 5.41) is 11.6. The van der Waals surface area contributed by atoms with E-state index in [0.29, 0.717) is 18.0 Å². The molecule has 1 aromatic heterocycles. The second-order valence-corrected chi connectivity index (χ2v) is 10.1. The lowest BCUT2D eigenvalue weighted by atomic mass is 10.1. The molecule has 182 valence electrons. The highest BCUT2D eigenvalue weighted by atomic mass is 32.2. The monoisotopic (exact) mass is 488 g/mol. The fourth-order valence-corrected chi connectivity index (χ4v) is 5.40. The summed E-state index contributed by atoms with van der Waals surface area (Å²) in [6.45, 7) is 6.15. The summed E-state index contributed by atoms with van der Waals surface area (Å²) in [5.41, 5.74) is 2.03. The average Bonchev–Trinajstić information content (AvgIpc) is 3.44. The van der Waals surface area contributed by atoms with Gasteiger partial charge in [0.2, 0.25) is 10.0 Å². The molecule has 2 aliphatic heterocycles. The van der Waals surface area contributed by atoms with E-state index in [1.807, 2.05) is 29.8 Å². The van der Waals surface area contributed by atoms with E-state index in [1.54, 1.807) is 22.6 Å². The number of alkyl halides is 3. The zero-order valence-electron chi connectivity index (χ0n) is 18.2. The smallest absolute Gasteiger partial charge is 0.475 e. The normalized spacial score (nSPS) is 19.6. The van der Waals surface area contributed by atoms with Gasteiger partial charge >= 0.3 is 12.1 Å². The lowest BCUT2D eigenvalue weighted by Crippen LogP contribution is -2.42. The summed E-state index contributed by atoms with van der Waals surface area (Å²) >= 11 is 0. The fraction of sp³-hybridized carbons (Fsp3) is 0.524. The van der Waals surface area contributed by atoms with Crippen molar-refractivity contribution in [3.63, 3.8) is 0 Å². The molecule has 12 heteroatoms. The summed E-state index contributed by atoms with van der Waals surface area (Å²) in [6, 6.07) is 9.14. The number of benzene rings is 1. The number of nitrogens with zero attached hydrogens (tertiary/aromatic N) is 4. The number of aromatic nitrogens is 2. The Hall–Kier alpha value is -2.44. The number of carboxylic acid groups (broad SMARTS) is 1. The van der Waals surface area contributed by atoms with Crippen LogP contribution < -0.4 is 0 Å². The van der Waals surface area contributed by atoms with Crippen molar-refractivity contribution in [2.75, 3.05) is 26.2 Å². The van der Waals surface area contributed by atoms with E-state index in [1.165, 1.54) is 12.8 Å². The first-order valence-electron chi connectivity index (χ1n) is 10.6. The van der Waals surface area contributed by atoms with Crippen LogP contribution in [0, 0.1) is 6.92 Å².